The molecule has 0 saturated heterocycles. The van der Waals surface area contributed by atoms with Crippen molar-refractivity contribution < 1.29 is 40.3 Å². The first-order valence-electron chi connectivity index (χ1n) is 16.9. The van der Waals surface area contributed by atoms with E-state index < -0.39 is 46.0 Å². The van der Waals surface area contributed by atoms with Crippen molar-refractivity contribution in [2.75, 3.05) is 10.6 Å². The number of carbonyl (C=O) groups is 2. The fraction of sp³-hybridized carbons (Fsp3) is 0.211. The first kappa shape index (κ1) is 38.2. The Labute approximate surface area is 318 Å². The van der Waals surface area contributed by atoms with Crippen LogP contribution in [0.1, 0.15) is 47.9 Å². The normalized spacial score (nSPS) is 15.3. The molecule has 0 unspecified atom stereocenters. The van der Waals surface area contributed by atoms with Gasteiger partial charge in [-0.2, -0.15) is 36.5 Å². The summed E-state index contributed by atoms with van der Waals surface area (Å²) in [5, 5.41) is 13.7. The van der Waals surface area contributed by atoms with Crippen LogP contribution < -0.4 is 10.6 Å². The third-order valence-electron chi connectivity index (χ3n) is 9.62. The van der Waals surface area contributed by atoms with Gasteiger partial charge in [-0.1, -0.05) is 35.9 Å². The van der Waals surface area contributed by atoms with Gasteiger partial charge in [0.2, 0.25) is 11.8 Å². The average Bonchev–Trinajstić information content (AvgIpc) is 4.02. The number of amides is 2. The molecule has 6 aromatic rings. The lowest BCUT2D eigenvalue weighted by atomic mass is 9.94. The van der Waals surface area contributed by atoms with E-state index in [4.69, 9.17) is 11.6 Å². The summed E-state index contributed by atoms with van der Waals surface area (Å²) < 4.78 is 95.1. The number of anilines is 2. The molecule has 2 saturated carbocycles. The molecule has 0 spiro atoms. The first-order valence-corrected chi connectivity index (χ1v) is 17.2. The minimum Gasteiger partial charge on any atom is -0.323 e. The number of carbonyl (C=O) groups excluding carboxylic acids is 2. The molecule has 2 aliphatic carbocycles. The number of halogens is 8. The SMILES string of the molecule is O=C(Nc1cc(C(F)(F)F)ccc1-n1cncn1)C1(c2ccc(Cl)cc2)CC1.O=C(Nc1cc(C(F)(F)F)ccc1-n1cncn1)C1(c2cccc(F)c2)CC1. The lowest BCUT2D eigenvalue weighted by molar-refractivity contribution is -0.138. The monoisotopic (exact) mass is 796 g/mol. The van der Waals surface area contributed by atoms with E-state index in [9.17, 15) is 40.3 Å². The van der Waals surface area contributed by atoms with Crippen LogP contribution in [0.4, 0.5) is 42.1 Å². The highest BCUT2D eigenvalue weighted by atomic mass is 35.5. The summed E-state index contributed by atoms with van der Waals surface area (Å²) in [6.07, 6.45) is -1.75. The molecule has 18 heteroatoms. The van der Waals surface area contributed by atoms with Crippen LogP contribution in [0.5, 0.6) is 0 Å². The quantitative estimate of drug-likeness (QED) is 0.149. The Morgan fingerprint density at radius 3 is 1.48 bits per heavy atom. The Morgan fingerprint density at radius 1 is 0.625 bits per heavy atom. The Balaban J connectivity index is 0.000000172. The van der Waals surface area contributed by atoms with Gasteiger partial charge >= 0.3 is 12.4 Å². The average molecular weight is 797 g/mol. The molecule has 2 aromatic heterocycles. The molecule has 2 amide bonds. The third kappa shape index (κ3) is 7.84. The number of nitrogens with zero attached hydrogens (tertiary/aromatic N) is 6. The lowest BCUT2D eigenvalue weighted by Crippen LogP contribution is -2.28. The van der Waals surface area contributed by atoms with Gasteiger partial charge in [0.15, 0.2) is 0 Å². The largest absolute Gasteiger partial charge is 0.416 e. The molecule has 0 bridgehead atoms. The van der Waals surface area contributed by atoms with Crippen molar-refractivity contribution in [1.29, 1.82) is 0 Å². The molecule has 2 N–H and O–H groups in total. The van der Waals surface area contributed by atoms with Gasteiger partial charge in [0.25, 0.3) is 0 Å². The highest BCUT2D eigenvalue weighted by Gasteiger charge is 2.52. The van der Waals surface area contributed by atoms with E-state index in [0.29, 0.717) is 42.0 Å². The van der Waals surface area contributed by atoms with Crippen molar-refractivity contribution in [2.45, 2.75) is 48.9 Å². The Hall–Kier alpha value is -6.10. The molecule has 10 nitrogen and oxygen atoms in total. The zero-order valence-electron chi connectivity index (χ0n) is 28.7. The van der Waals surface area contributed by atoms with Gasteiger partial charge in [-0.3, -0.25) is 9.59 Å². The Morgan fingerprint density at radius 2 is 1.09 bits per heavy atom. The van der Waals surface area contributed by atoms with Crippen LogP contribution in [-0.4, -0.2) is 41.3 Å². The minimum absolute atomic E-state index is 0.0190. The van der Waals surface area contributed by atoms with Crippen LogP contribution in [0, 0.1) is 5.82 Å². The van der Waals surface area contributed by atoms with Gasteiger partial charge in [-0.15, -0.1) is 0 Å². The van der Waals surface area contributed by atoms with E-state index in [-0.39, 0.29) is 23.0 Å². The molecule has 288 valence electrons. The highest BCUT2D eigenvalue weighted by molar-refractivity contribution is 6.30. The summed E-state index contributed by atoms with van der Waals surface area (Å²) in [6, 6.07) is 18.7. The standard InChI is InChI=1S/C19H14ClF3N4O.C19H14F4N4O/c20-14-4-1-12(2-5-14)18(7-8-18)17(28)26-15-9-13(19(21,22)23)3-6-16(15)27-11-24-10-25-27;20-14-3-1-2-12(8-14)18(6-7-18)17(28)26-15-9-13(19(21,22)23)4-5-16(15)27-11-24-10-25-27/h1-6,9-11H,7-8H2,(H,26,28);1-5,8-11H,6-7H2,(H,26,28). The second-order valence-electron chi connectivity index (χ2n) is 13.2. The van der Waals surface area contributed by atoms with Crippen molar-refractivity contribution in [3.05, 3.63) is 143 Å². The number of nitrogens with one attached hydrogen (secondary N) is 2. The summed E-state index contributed by atoms with van der Waals surface area (Å²) in [5.74, 6) is -1.33. The Bertz CT molecular complexity index is 2370. The van der Waals surface area contributed by atoms with E-state index >= 15 is 0 Å². The molecule has 0 aliphatic heterocycles. The number of hydrogen-bond acceptors (Lipinski definition) is 6. The molecule has 0 atom stereocenters. The number of aromatic nitrogens is 6. The zero-order valence-corrected chi connectivity index (χ0v) is 29.5. The summed E-state index contributed by atoms with van der Waals surface area (Å²) >= 11 is 5.91. The van der Waals surface area contributed by atoms with Crippen molar-refractivity contribution in [2.24, 2.45) is 0 Å². The molecule has 4 aromatic carbocycles. The number of rotatable bonds is 8. The summed E-state index contributed by atoms with van der Waals surface area (Å²) in [7, 11) is 0. The van der Waals surface area contributed by atoms with Crippen LogP contribution in [0.2, 0.25) is 5.02 Å². The molecular formula is C38H28ClF7N8O2. The molecule has 0 radical (unpaired) electrons. The van der Waals surface area contributed by atoms with Gasteiger partial charge in [0.1, 0.15) is 31.1 Å². The van der Waals surface area contributed by atoms with Gasteiger partial charge in [-0.05, 0) is 97.5 Å². The second kappa shape index (κ2) is 14.5. The Kier molecular flexibility index (Phi) is 9.90. The van der Waals surface area contributed by atoms with Crippen molar-refractivity contribution >= 4 is 34.8 Å². The van der Waals surface area contributed by atoms with E-state index in [1.807, 2.05) is 0 Å². The predicted octanol–water partition coefficient (Wildman–Crippen LogP) is 8.71. The first-order chi connectivity index (χ1) is 26.6. The van der Waals surface area contributed by atoms with E-state index in [1.54, 1.807) is 30.3 Å². The maximum absolute atomic E-state index is 13.6. The maximum Gasteiger partial charge on any atom is 0.416 e. The second-order valence-corrected chi connectivity index (χ2v) is 13.7. The van der Waals surface area contributed by atoms with Gasteiger partial charge in [0, 0.05) is 5.02 Å². The molecule has 2 fully saturated rings. The molecule has 2 aliphatic rings. The van der Waals surface area contributed by atoms with E-state index in [1.165, 1.54) is 65.0 Å². The zero-order chi connectivity index (χ0) is 39.9. The van der Waals surface area contributed by atoms with Crippen LogP contribution in [0.25, 0.3) is 11.4 Å². The van der Waals surface area contributed by atoms with Crippen LogP contribution in [-0.2, 0) is 32.8 Å². The van der Waals surface area contributed by atoms with Gasteiger partial charge < -0.3 is 10.6 Å². The highest BCUT2D eigenvalue weighted by Crippen LogP contribution is 2.50. The fourth-order valence-corrected chi connectivity index (χ4v) is 6.40. The lowest BCUT2D eigenvalue weighted by Gasteiger charge is -2.19. The number of alkyl halides is 6. The van der Waals surface area contributed by atoms with Crippen LogP contribution in [0.15, 0.2) is 110 Å². The number of hydrogen-bond donors (Lipinski definition) is 2. The molecular weight excluding hydrogens is 769 g/mol. The molecule has 2 heterocycles. The topological polar surface area (TPSA) is 120 Å². The summed E-state index contributed by atoms with van der Waals surface area (Å²) in [5.41, 5.74) is -1.68. The van der Waals surface area contributed by atoms with E-state index in [2.05, 4.69) is 30.8 Å². The van der Waals surface area contributed by atoms with Crippen molar-refractivity contribution in [3.8, 4) is 11.4 Å². The maximum atomic E-state index is 13.6. The molecule has 56 heavy (non-hydrogen) atoms. The van der Waals surface area contributed by atoms with Crippen molar-refractivity contribution in [1.82, 2.24) is 29.5 Å². The van der Waals surface area contributed by atoms with Gasteiger partial charge in [-0.25, -0.2) is 23.7 Å². The summed E-state index contributed by atoms with van der Waals surface area (Å²) in [4.78, 5) is 33.5. The summed E-state index contributed by atoms with van der Waals surface area (Å²) in [6.45, 7) is 0. The smallest absolute Gasteiger partial charge is 0.323 e. The number of benzene rings is 4. The van der Waals surface area contributed by atoms with Gasteiger partial charge in [0.05, 0.1) is 44.7 Å². The fourth-order valence-electron chi connectivity index (χ4n) is 6.27. The van der Waals surface area contributed by atoms with Crippen LogP contribution in [0.3, 0.4) is 0 Å². The van der Waals surface area contributed by atoms with Crippen LogP contribution >= 0.6 is 11.6 Å². The third-order valence-corrected chi connectivity index (χ3v) is 9.87. The van der Waals surface area contributed by atoms with E-state index in [0.717, 1.165) is 29.8 Å². The van der Waals surface area contributed by atoms with Crippen molar-refractivity contribution in [3.63, 3.8) is 0 Å². The molecule has 8 rings (SSSR count). The predicted molar refractivity (Wildman–Crippen MR) is 190 cm³/mol. The minimum atomic E-state index is -4.57.